The summed E-state index contributed by atoms with van der Waals surface area (Å²) in [5.41, 5.74) is 5.87. The van der Waals surface area contributed by atoms with Crippen LogP contribution in [0, 0.1) is 12.7 Å². The summed E-state index contributed by atoms with van der Waals surface area (Å²) in [6.45, 7) is 1.31. The predicted octanol–water partition coefficient (Wildman–Crippen LogP) is 0.526. The molecule has 0 radical (unpaired) electrons. The van der Waals surface area contributed by atoms with E-state index < -0.39 is 30.6 Å². The van der Waals surface area contributed by atoms with E-state index in [9.17, 15) is 21.2 Å². The highest BCUT2D eigenvalue weighted by Gasteiger charge is 2.31. The van der Waals surface area contributed by atoms with Gasteiger partial charge in [0.05, 0.1) is 11.5 Å². The van der Waals surface area contributed by atoms with Crippen LogP contribution < -0.4 is 5.73 Å². The fourth-order valence-electron chi connectivity index (χ4n) is 2.25. The molecule has 1 heterocycles. The zero-order valence-electron chi connectivity index (χ0n) is 11.5. The van der Waals surface area contributed by atoms with Crippen molar-refractivity contribution in [3.05, 3.63) is 23.5 Å². The van der Waals surface area contributed by atoms with Crippen LogP contribution in [0.3, 0.4) is 0 Å². The Morgan fingerprint density at radius 3 is 2.57 bits per heavy atom. The van der Waals surface area contributed by atoms with Gasteiger partial charge in [-0.1, -0.05) is 0 Å². The number of benzene rings is 1. The van der Waals surface area contributed by atoms with E-state index in [1.54, 1.807) is 0 Å². The van der Waals surface area contributed by atoms with Gasteiger partial charge in [0.2, 0.25) is 10.0 Å². The van der Waals surface area contributed by atoms with Gasteiger partial charge in [0.1, 0.15) is 10.7 Å². The number of rotatable bonds is 2. The number of hydrogen-bond donors (Lipinski definition) is 1. The highest BCUT2D eigenvalue weighted by molar-refractivity contribution is 7.91. The maximum Gasteiger partial charge on any atom is 0.246 e. The third-order valence-electron chi connectivity index (χ3n) is 3.38. The van der Waals surface area contributed by atoms with Crippen molar-refractivity contribution in [2.75, 3.05) is 30.3 Å². The van der Waals surface area contributed by atoms with E-state index in [0.29, 0.717) is 0 Å². The zero-order chi connectivity index (χ0) is 15.8. The average Bonchev–Trinajstić information content (AvgIpc) is 2.55. The van der Waals surface area contributed by atoms with Gasteiger partial charge < -0.3 is 5.73 Å². The Morgan fingerprint density at radius 2 is 1.90 bits per heavy atom. The second kappa shape index (κ2) is 5.54. The summed E-state index contributed by atoms with van der Waals surface area (Å²) in [5, 5.41) is 0. The van der Waals surface area contributed by atoms with Crippen molar-refractivity contribution in [1.29, 1.82) is 0 Å². The van der Waals surface area contributed by atoms with Gasteiger partial charge in [-0.15, -0.1) is 0 Å². The van der Waals surface area contributed by atoms with Crippen LogP contribution in [0.2, 0.25) is 0 Å². The summed E-state index contributed by atoms with van der Waals surface area (Å²) < 4.78 is 63.2. The molecule has 0 saturated carbocycles. The van der Waals surface area contributed by atoms with Crippen molar-refractivity contribution in [3.63, 3.8) is 0 Å². The van der Waals surface area contributed by atoms with Gasteiger partial charge >= 0.3 is 0 Å². The lowest BCUT2D eigenvalue weighted by Gasteiger charge is -2.20. The van der Waals surface area contributed by atoms with E-state index in [2.05, 4.69) is 0 Å². The lowest BCUT2D eigenvalue weighted by atomic mass is 10.2. The van der Waals surface area contributed by atoms with Crippen molar-refractivity contribution in [1.82, 2.24) is 4.31 Å². The highest BCUT2D eigenvalue weighted by atomic mass is 32.2. The first-order valence-corrected chi connectivity index (χ1v) is 9.66. The summed E-state index contributed by atoms with van der Waals surface area (Å²) >= 11 is 0. The number of sulfone groups is 1. The van der Waals surface area contributed by atoms with Crippen molar-refractivity contribution in [2.45, 2.75) is 18.2 Å². The Balaban J connectivity index is 2.43. The molecule has 0 unspecified atom stereocenters. The van der Waals surface area contributed by atoms with Crippen LogP contribution in [0.25, 0.3) is 0 Å². The number of halogens is 1. The van der Waals surface area contributed by atoms with E-state index in [1.165, 1.54) is 13.0 Å². The molecule has 0 aliphatic carbocycles. The highest BCUT2D eigenvalue weighted by Crippen LogP contribution is 2.25. The first-order chi connectivity index (χ1) is 9.63. The van der Waals surface area contributed by atoms with Crippen LogP contribution in [-0.2, 0) is 19.9 Å². The normalized spacial score (nSPS) is 20.1. The van der Waals surface area contributed by atoms with Crippen molar-refractivity contribution >= 4 is 25.5 Å². The molecule has 0 spiro atoms. The molecule has 0 amide bonds. The van der Waals surface area contributed by atoms with Gasteiger partial charge in [-0.2, -0.15) is 4.31 Å². The molecule has 0 aromatic heterocycles. The minimum absolute atomic E-state index is 0.0504. The van der Waals surface area contributed by atoms with E-state index >= 15 is 0 Å². The maximum absolute atomic E-state index is 14.1. The Morgan fingerprint density at radius 1 is 1.24 bits per heavy atom. The topological polar surface area (TPSA) is 97.5 Å². The monoisotopic (exact) mass is 336 g/mol. The Labute approximate surface area is 123 Å². The summed E-state index contributed by atoms with van der Waals surface area (Å²) in [6.07, 6.45) is 0.199. The molecule has 1 aromatic rings. The molecule has 1 fully saturated rings. The number of sulfonamides is 1. The quantitative estimate of drug-likeness (QED) is 0.794. The van der Waals surface area contributed by atoms with Gasteiger partial charge in [-0.3, -0.25) is 0 Å². The standard InChI is InChI=1S/C12H17FN2O4S2/c1-9-7-10(14)8-11(12(9)13)21(18,19)15-3-2-5-20(16,17)6-4-15/h7-8H,2-6,14H2,1H3. The van der Waals surface area contributed by atoms with Crippen LogP contribution >= 0.6 is 0 Å². The van der Waals surface area contributed by atoms with Gasteiger partial charge in [0.15, 0.2) is 9.84 Å². The van der Waals surface area contributed by atoms with E-state index in [-0.39, 0.29) is 42.3 Å². The first-order valence-electron chi connectivity index (χ1n) is 6.40. The lowest BCUT2D eigenvalue weighted by Crippen LogP contribution is -2.34. The molecule has 0 atom stereocenters. The summed E-state index contributed by atoms with van der Waals surface area (Å²) in [5.74, 6) is -1.16. The number of nitrogens with two attached hydrogens (primary N) is 1. The molecule has 9 heteroatoms. The molecule has 2 N–H and O–H groups in total. The number of aryl methyl sites for hydroxylation is 1. The minimum Gasteiger partial charge on any atom is -0.399 e. The summed E-state index contributed by atoms with van der Waals surface area (Å²) in [4.78, 5) is -0.501. The summed E-state index contributed by atoms with van der Waals surface area (Å²) in [7, 11) is -7.34. The van der Waals surface area contributed by atoms with Gasteiger partial charge in [0, 0.05) is 18.8 Å². The molecule has 0 bridgehead atoms. The van der Waals surface area contributed by atoms with Gasteiger partial charge in [0.25, 0.3) is 0 Å². The number of hydrogen-bond acceptors (Lipinski definition) is 5. The van der Waals surface area contributed by atoms with Crippen LogP contribution in [0.1, 0.15) is 12.0 Å². The SMILES string of the molecule is Cc1cc(N)cc(S(=O)(=O)N2CCCS(=O)(=O)CC2)c1F. The average molecular weight is 336 g/mol. The van der Waals surface area contributed by atoms with E-state index in [0.717, 1.165) is 10.4 Å². The van der Waals surface area contributed by atoms with Crippen molar-refractivity contribution < 1.29 is 21.2 Å². The largest absolute Gasteiger partial charge is 0.399 e. The number of nitrogen functional groups attached to an aromatic ring is 1. The summed E-state index contributed by atoms with van der Waals surface area (Å²) in [6, 6.07) is 2.41. The van der Waals surface area contributed by atoms with E-state index in [1.807, 2.05) is 0 Å². The fraction of sp³-hybridized carbons (Fsp3) is 0.500. The second-order valence-electron chi connectivity index (χ2n) is 5.06. The minimum atomic E-state index is -4.10. The zero-order valence-corrected chi connectivity index (χ0v) is 13.2. The smallest absolute Gasteiger partial charge is 0.246 e. The van der Waals surface area contributed by atoms with Gasteiger partial charge in [-0.25, -0.2) is 21.2 Å². The molecule has 21 heavy (non-hydrogen) atoms. The first kappa shape index (κ1) is 16.2. The second-order valence-corrected chi connectivity index (χ2v) is 9.27. The van der Waals surface area contributed by atoms with Crippen LogP contribution in [-0.4, -0.2) is 45.7 Å². The van der Waals surface area contributed by atoms with Crippen LogP contribution in [0.4, 0.5) is 10.1 Å². The third kappa shape index (κ3) is 3.35. The Kier molecular flexibility index (Phi) is 4.27. The molecule has 1 aromatic carbocycles. The van der Waals surface area contributed by atoms with Crippen molar-refractivity contribution in [2.24, 2.45) is 0 Å². The molecule has 1 aliphatic heterocycles. The molecule has 6 nitrogen and oxygen atoms in total. The Bertz CT molecular complexity index is 760. The van der Waals surface area contributed by atoms with Gasteiger partial charge in [-0.05, 0) is 31.0 Å². The lowest BCUT2D eigenvalue weighted by molar-refractivity contribution is 0.430. The predicted molar refractivity (Wildman–Crippen MR) is 77.6 cm³/mol. The number of anilines is 1. The molecule has 2 rings (SSSR count). The molecule has 118 valence electrons. The molecule has 1 saturated heterocycles. The van der Waals surface area contributed by atoms with E-state index in [4.69, 9.17) is 5.73 Å². The van der Waals surface area contributed by atoms with Crippen molar-refractivity contribution in [3.8, 4) is 0 Å². The third-order valence-corrected chi connectivity index (χ3v) is 6.99. The molecule has 1 aliphatic rings. The van der Waals surface area contributed by atoms with Crippen LogP contribution in [0.5, 0.6) is 0 Å². The molecular weight excluding hydrogens is 319 g/mol. The fourth-order valence-corrected chi connectivity index (χ4v) is 5.29. The maximum atomic E-state index is 14.1. The number of nitrogens with zero attached hydrogens (tertiary/aromatic N) is 1. The van der Waals surface area contributed by atoms with Crippen LogP contribution in [0.15, 0.2) is 17.0 Å². The molecular formula is C12H17FN2O4S2. The Hall–Kier alpha value is -1.19.